The molecule has 4 rings (SSSR count). The molecule has 1 saturated carbocycles. The van der Waals surface area contributed by atoms with Gasteiger partial charge in [0, 0.05) is 18.5 Å². The summed E-state index contributed by atoms with van der Waals surface area (Å²) in [5.41, 5.74) is 4.32. The zero-order valence-corrected chi connectivity index (χ0v) is 10.0. The van der Waals surface area contributed by atoms with Gasteiger partial charge in [-0.25, -0.2) is 4.98 Å². The lowest BCUT2D eigenvalue weighted by Crippen LogP contribution is -2.45. The third kappa shape index (κ3) is 1.08. The molecule has 3 fully saturated rings. The van der Waals surface area contributed by atoms with Crippen molar-refractivity contribution in [3.63, 3.8) is 0 Å². The molecule has 2 bridgehead atoms. The lowest BCUT2D eigenvalue weighted by molar-refractivity contribution is -0.133. The second kappa shape index (κ2) is 3.13. The quantitative estimate of drug-likeness (QED) is 0.740. The Bertz CT molecular complexity index is 591. The molecule has 0 aromatic carbocycles. The average Bonchev–Trinajstić information content (AvgIpc) is 2.97. The van der Waals surface area contributed by atoms with E-state index in [0.29, 0.717) is 12.0 Å². The molecule has 3 N–H and O–H groups in total. The number of rotatable bonds is 2. The van der Waals surface area contributed by atoms with Crippen LogP contribution in [0.2, 0.25) is 0 Å². The first-order valence-corrected chi connectivity index (χ1v) is 6.29. The van der Waals surface area contributed by atoms with Crippen molar-refractivity contribution >= 4 is 5.91 Å². The minimum atomic E-state index is -0.989. The lowest BCUT2D eigenvalue weighted by atomic mass is 9.71. The molecule has 1 aliphatic carbocycles. The fourth-order valence-electron chi connectivity index (χ4n) is 4.14. The molecule has 1 aromatic rings. The van der Waals surface area contributed by atoms with E-state index in [9.17, 15) is 14.3 Å². The fourth-order valence-corrected chi connectivity index (χ4v) is 4.14. The SMILES string of the molecule is NC(=O)C12CC1C1OC2(c2ccnc(F)c2)CC1O. The molecular weight excluding hydrogens is 251 g/mol. The van der Waals surface area contributed by atoms with Crippen molar-refractivity contribution < 1.29 is 19.0 Å². The molecule has 3 heterocycles. The summed E-state index contributed by atoms with van der Waals surface area (Å²) in [4.78, 5) is 15.4. The van der Waals surface area contributed by atoms with Crippen LogP contribution in [-0.2, 0) is 15.1 Å². The molecule has 5 nitrogen and oxygen atoms in total. The molecule has 0 radical (unpaired) electrons. The Kier molecular flexibility index (Phi) is 1.86. The van der Waals surface area contributed by atoms with Crippen molar-refractivity contribution in [3.05, 3.63) is 29.8 Å². The van der Waals surface area contributed by atoms with Gasteiger partial charge in [0.2, 0.25) is 11.9 Å². The van der Waals surface area contributed by atoms with E-state index in [1.165, 1.54) is 12.3 Å². The van der Waals surface area contributed by atoms with E-state index < -0.39 is 29.0 Å². The summed E-state index contributed by atoms with van der Waals surface area (Å²) < 4.78 is 19.3. The van der Waals surface area contributed by atoms with Gasteiger partial charge in [0.1, 0.15) is 5.60 Å². The standard InChI is InChI=1S/C13H13FN2O3/c14-9-3-6(1-2-16-9)13-5-8(17)10(19-13)7-4-12(7,13)11(15)18/h1-3,7-8,10,17H,4-5H2,(H2,15,18). The molecule has 19 heavy (non-hydrogen) atoms. The topological polar surface area (TPSA) is 85.4 Å². The van der Waals surface area contributed by atoms with Crippen molar-refractivity contribution in [3.8, 4) is 0 Å². The largest absolute Gasteiger partial charge is 0.390 e. The van der Waals surface area contributed by atoms with Crippen LogP contribution in [0.4, 0.5) is 4.39 Å². The van der Waals surface area contributed by atoms with Crippen molar-refractivity contribution in [1.29, 1.82) is 0 Å². The van der Waals surface area contributed by atoms with Gasteiger partial charge in [-0.05, 0) is 24.1 Å². The van der Waals surface area contributed by atoms with Crippen LogP contribution in [0.15, 0.2) is 18.3 Å². The van der Waals surface area contributed by atoms with Gasteiger partial charge in [0.05, 0.1) is 17.6 Å². The number of ether oxygens (including phenoxy) is 1. The number of aliphatic hydroxyl groups is 1. The third-order valence-electron chi connectivity index (χ3n) is 4.98. The molecule has 3 aliphatic rings. The van der Waals surface area contributed by atoms with Gasteiger partial charge in [-0.3, -0.25) is 4.79 Å². The Hall–Kier alpha value is -1.53. The molecule has 2 aliphatic heterocycles. The summed E-state index contributed by atoms with van der Waals surface area (Å²) >= 11 is 0. The Morgan fingerprint density at radius 3 is 3.05 bits per heavy atom. The van der Waals surface area contributed by atoms with Gasteiger partial charge in [-0.2, -0.15) is 4.39 Å². The molecule has 6 heteroatoms. The van der Waals surface area contributed by atoms with E-state index in [1.807, 2.05) is 0 Å². The first kappa shape index (κ1) is 11.3. The number of nitrogens with two attached hydrogens (primary N) is 1. The first-order chi connectivity index (χ1) is 9.01. The van der Waals surface area contributed by atoms with Gasteiger partial charge in [-0.15, -0.1) is 0 Å². The summed E-state index contributed by atoms with van der Waals surface area (Å²) in [5.74, 6) is -1.11. The predicted octanol–water partition coefficient (Wildman–Crippen LogP) is 0.0710. The Labute approximate surface area is 108 Å². The highest BCUT2D eigenvalue weighted by molar-refractivity contribution is 5.87. The summed E-state index contributed by atoms with van der Waals surface area (Å²) in [6, 6.07) is 2.89. The number of fused-ring (bicyclic) bond motifs is 5. The second-order valence-electron chi connectivity index (χ2n) is 5.69. The Morgan fingerprint density at radius 2 is 2.37 bits per heavy atom. The number of carbonyl (C=O) groups excluding carboxylic acids is 1. The molecule has 5 unspecified atom stereocenters. The van der Waals surface area contributed by atoms with Crippen LogP contribution in [0, 0.1) is 17.3 Å². The smallest absolute Gasteiger partial charge is 0.227 e. The molecule has 0 spiro atoms. The number of primary amides is 1. The lowest BCUT2D eigenvalue weighted by Gasteiger charge is -2.34. The number of hydrogen-bond acceptors (Lipinski definition) is 4. The molecule has 1 aromatic heterocycles. The van der Waals surface area contributed by atoms with Gasteiger partial charge in [0.15, 0.2) is 0 Å². The van der Waals surface area contributed by atoms with E-state index in [4.69, 9.17) is 10.5 Å². The van der Waals surface area contributed by atoms with Crippen molar-refractivity contribution in [2.24, 2.45) is 17.1 Å². The van der Waals surface area contributed by atoms with Gasteiger partial charge >= 0.3 is 0 Å². The maximum atomic E-state index is 13.4. The van der Waals surface area contributed by atoms with Crippen LogP contribution in [0.5, 0.6) is 0 Å². The van der Waals surface area contributed by atoms with Crippen molar-refractivity contribution in [2.45, 2.75) is 30.7 Å². The van der Waals surface area contributed by atoms with E-state index in [-0.39, 0.29) is 18.4 Å². The number of aliphatic hydroxyl groups excluding tert-OH is 1. The van der Waals surface area contributed by atoms with Crippen LogP contribution < -0.4 is 5.73 Å². The molecule has 100 valence electrons. The summed E-state index contributed by atoms with van der Waals surface area (Å²) in [6.07, 6.45) is 1.22. The molecule has 2 saturated heterocycles. The van der Waals surface area contributed by atoms with Crippen LogP contribution in [-0.4, -0.2) is 28.2 Å². The van der Waals surface area contributed by atoms with E-state index in [1.54, 1.807) is 6.07 Å². The Morgan fingerprint density at radius 1 is 1.58 bits per heavy atom. The van der Waals surface area contributed by atoms with Crippen LogP contribution in [0.25, 0.3) is 0 Å². The number of pyridine rings is 1. The van der Waals surface area contributed by atoms with Crippen LogP contribution >= 0.6 is 0 Å². The first-order valence-electron chi connectivity index (χ1n) is 6.29. The monoisotopic (exact) mass is 264 g/mol. The van der Waals surface area contributed by atoms with Crippen molar-refractivity contribution in [2.75, 3.05) is 0 Å². The van der Waals surface area contributed by atoms with Crippen LogP contribution in [0.3, 0.4) is 0 Å². The highest BCUT2D eigenvalue weighted by Gasteiger charge is 2.83. The molecular formula is C13H13FN2O3. The predicted molar refractivity (Wildman–Crippen MR) is 61.1 cm³/mol. The number of halogens is 1. The minimum Gasteiger partial charge on any atom is -0.390 e. The van der Waals surface area contributed by atoms with Crippen molar-refractivity contribution in [1.82, 2.24) is 4.98 Å². The zero-order valence-electron chi connectivity index (χ0n) is 10.0. The highest BCUT2D eigenvalue weighted by Crippen LogP contribution is 2.76. The molecule has 1 amide bonds. The average molecular weight is 264 g/mol. The minimum absolute atomic E-state index is 0.0509. The van der Waals surface area contributed by atoms with Crippen LogP contribution in [0.1, 0.15) is 18.4 Å². The number of carbonyl (C=O) groups is 1. The third-order valence-corrected chi connectivity index (χ3v) is 4.98. The molecule has 5 atom stereocenters. The second-order valence-corrected chi connectivity index (χ2v) is 5.69. The van der Waals surface area contributed by atoms with Gasteiger partial charge in [-0.1, -0.05) is 0 Å². The normalized spacial score (nSPS) is 46.1. The number of aromatic nitrogens is 1. The summed E-state index contributed by atoms with van der Waals surface area (Å²) in [5, 5.41) is 10.0. The van der Waals surface area contributed by atoms with E-state index in [0.717, 1.165) is 0 Å². The maximum absolute atomic E-state index is 13.4. The highest BCUT2D eigenvalue weighted by atomic mass is 19.1. The fraction of sp³-hybridized carbons (Fsp3) is 0.538. The van der Waals surface area contributed by atoms with E-state index >= 15 is 0 Å². The Balaban J connectivity index is 1.90. The number of hydrogen-bond donors (Lipinski definition) is 2. The van der Waals surface area contributed by atoms with Gasteiger partial charge < -0.3 is 15.6 Å². The van der Waals surface area contributed by atoms with Gasteiger partial charge in [0.25, 0.3) is 0 Å². The number of nitrogens with zero attached hydrogens (tertiary/aromatic N) is 1. The zero-order chi connectivity index (χ0) is 13.4. The summed E-state index contributed by atoms with van der Waals surface area (Å²) in [7, 11) is 0. The van der Waals surface area contributed by atoms with E-state index in [2.05, 4.69) is 4.98 Å². The maximum Gasteiger partial charge on any atom is 0.227 e. The summed E-state index contributed by atoms with van der Waals surface area (Å²) in [6.45, 7) is 0. The number of amides is 1.